The Morgan fingerprint density at radius 2 is 1.79 bits per heavy atom. The van der Waals surface area contributed by atoms with Gasteiger partial charge in [-0.15, -0.1) is 5.10 Å². The number of rotatable bonds is 3. The van der Waals surface area contributed by atoms with E-state index in [1.807, 2.05) is 33.6 Å². The van der Waals surface area contributed by atoms with Gasteiger partial charge in [-0.2, -0.15) is 0 Å². The Hall–Kier alpha value is -3.19. The highest BCUT2D eigenvalue weighted by molar-refractivity contribution is 5.65. The zero-order valence-electron chi connectivity index (χ0n) is 15.9. The normalized spacial score (nSPS) is 20.0. The van der Waals surface area contributed by atoms with Crippen molar-refractivity contribution >= 4 is 11.5 Å². The molecule has 1 fully saturated rings. The van der Waals surface area contributed by atoms with Crippen LogP contribution in [-0.2, 0) is 4.74 Å². The Balaban J connectivity index is 1.50. The third-order valence-electron chi connectivity index (χ3n) is 5.06. The van der Waals surface area contributed by atoms with Crippen LogP contribution < -0.4 is 4.90 Å². The van der Waals surface area contributed by atoms with E-state index in [2.05, 4.69) is 53.0 Å². The summed E-state index contributed by atoms with van der Waals surface area (Å²) in [4.78, 5) is 10.9. The summed E-state index contributed by atoms with van der Waals surface area (Å²) in [5, 5.41) is 4.89. The maximum Gasteiger partial charge on any atom is 0.154 e. The maximum atomic E-state index is 5.85. The molecule has 142 valence electrons. The van der Waals surface area contributed by atoms with Crippen LogP contribution in [-0.4, -0.2) is 49.4 Å². The molecule has 0 bridgehead atoms. The molecule has 4 heterocycles. The molecule has 5 rings (SSSR count). The summed E-state index contributed by atoms with van der Waals surface area (Å²) >= 11 is 0. The first kappa shape index (κ1) is 16.9. The SMILES string of the molecule is C[C@@H]1CN(c2ccc3ncc(-c4ccc(-n5ccnc5)cc4)n3n2)C[C@H](C)O1. The summed E-state index contributed by atoms with van der Waals surface area (Å²) in [6.45, 7) is 5.89. The standard InChI is InChI=1S/C21H22N6O/c1-15-12-26(13-16(2)28-15)21-8-7-20-23-11-19(27(20)24-21)17-3-5-18(6-4-17)25-10-9-22-14-25/h3-11,14-16H,12-13H2,1-2H3/t15-,16+. The van der Waals surface area contributed by atoms with Gasteiger partial charge < -0.3 is 14.2 Å². The van der Waals surface area contributed by atoms with Crippen LogP contribution in [0.25, 0.3) is 22.6 Å². The first-order chi connectivity index (χ1) is 13.7. The van der Waals surface area contributed by atoms with E-state index in [0.717, 1.165) is 41.5 Å². The zero-order valence-corrected chi connectivity index (χ0v) is 15.9. The number of imidazole rings is 2. The molecule has 0 spiro atoms. The lowest BCUT2D eigenvalue weighted by atomic mass is 10.1. The fraction of sp³-hybridized carbons (Fsp3) is 0.286. The zero-order chi connectivity index (χ0) is 19.1. The van der Waals surface area contributed by atoms with Crippen LogP contribution >= 0.6 is 0 Å². The minimum Gasteiger partial charge on any atom is -0.372 e. The second-order valence-electron chi connectivity index (χ2n) is 7.28. The highest BCUT2D eigenvalue weighted by Gasteiger charge is 2.23. The van der Waals surface area contributed by atoms with Crippen LogP contribution in [0, 0.1) is 0 Å². The van der Waals surface area contributed by atoms with Crippen LogP contribution in [0.3, 0.4) is 0 Å². The van der Waals surface area contributed by atoms with Crippen molar-refractivity contribution in [2.24, 2.45) is 0 Å². The molecular formula is C21H22N6O. The van der Waals surface area contributed by atoms with Crippen molar-refractivity contribution in [2.45, 2.75) is 26.1 Å². The van der Waals surface area contributed by atoms with E-state index in [4.69, 9.17) is 9.84 Å². The highest BCUT2D eigenvalue weighted by atomic mass is 16.5. The van der Waals surface area contributed by atoms with Crippen molar-refractivity contribution in [2.75, 3.05) is 18.0 Å². The molecule has 0 amide bonds. The second-order valence-corrected chi connectivity index (χ2v) is 7.28. The van der Waals surface area contributed by atoms with Gasteiger partial charge in [0, 0.05) is 36.7 Å². The van der Waals surface area contributed by atoms with E-state index < -0.39 is 0 Å². The fourth-order valence-corrected chi connectivity index (χ4v) is 3.81. The van der Waals surface area contributed by atoms with Crippen LogP contribution in [0.15, 0.2) is 61.3 Å². The topological polar surface area (TPSA) is 60.5 Å². The maximum absolute atomic E-state index is 5.85. The number of ether oxygens (including phenoxy) is 1. The molecule has 0 aliphatic carbocycles. The highest BCUT2D eigenvalue weighted by Crippen LogP contribution is 2.24. The molecule has 0 saturated carbocycles. The molecular weight excluding hydrogens is 352 g/mol. The van der Waals surface area contributed by atoms with Gasteiger partial charge in [-0.05, 0) is 38.1 Å². The number of aromatic nitrogens is 5. The Morgan fingerprint density at radius 3 is 2.50 bits per heavy atom. The van der Waals surface area contributed by atoms with Crippen LogP contribution in [0.1, 0.15) is 13.8 Å². The van der Waals surface area contributed by atoms with Crippen molar-refractivity contribution in [1.82, 2.24) is 24.1 Å². The van der Waals surface area contributed by atoms with Crippen LogP contribution in [0.2, 0.25) is 0 Å². The second kappa shape index (κ2) is 6.76. The minimum atomic E-state index is 0.194. The molecule has 28 heavy (non-hydrogen) atoms. The molecule has 7 heteroatoms. The first-order valence-corrected chi connectivity index (χ1v) is 9.51. The summed E-state index contributed by atoms with van der Waals surface area (Å²) in [7, 11) is 0. The summed E-state index contributed by atoms with van der Waals surface area (Å²) in [6, 6.07) is 12.4. The number of nitrogens with zero attached hydrogens (tertiary/aromatic N) is 6. The predicted octanol–water partition coefficient (Wildman–Crippen LogP) is 3.20. The van der Waals surface area contributed by atoms with Gasteiger partial charge in [-0.1, -0.05) is 12.1 Å². The number of benzene rings is 1. The summed E-state index contributed by atoms with van der Waals surface area (Å²) in [6.07, 6.45) is 7.77. The lowest BCUT2D eigenvalue weighted by Gasteiger charge is -2.35. The van der Waals surface area contributed by atoms with Crippen molar-refractivity contribution in [1.29, 1.82) is 0 Å². The van der Waals surface area contributed by atoms with Crippen LogP contribution in [0.5, 0.6) is 0 Å². The number of anilines is 1. The molecule has 1 aliphatic rings. The van der Waals surface area contributed by atoms with Crippen molar-refractivity contribution in [3.05, 3.63) is 61.3 Å². The van der Waals surface area contributed by atoms with Gasteiger partial charge in [0.25, 0.3) is 0 Å². The third-order valence-corrected chi connectivity index (χ3v) is 5.06. The average Bonchev–Trinajstić information content (AvgIpc) is 3.37. The average molecular weight is 374 g/mol. The van der Waals surface area contributed by atoms with Gasteiger partial charge in [0.1, 0.15) is 5.82 Å². The van der Waals surface area contributed by atoms with E-state index in [9.17, 15) is 0 Å². The predicted molar refractivity (Wildman–Crippen MR) is 108 cm³/mol. The smallest absolute Gasteiger partial charge is 0.154 e. The van der Waals surface area contributed by atoms with E-state index >= 15 is 0 Å². The molecule has 3 aromatic heterocycles. The van der Waals surface area contributed by atoms with E-state index in [1.54, 1.807) is 12.5 Å². The summed E-state index contributed by atoms with van der Waals surface area (Å²) < 4.78 is 9.75. The number of fused-ring (bicyclic) bond motifs is 1. The van der Waals surface area contributed by atoms with Gasteiger partial charge in [0.2, 0.25) is 0 Å². The number of morpholine rings is 1. The van der Waals surface area contributed by atoms with Crippen molar-refractivity contribution < 1.29 is 4.74 Å². The first-order valence-electron chi connectivity index (χ1n) is 9.51. The Kier molecular flexibility index (Phi) is 4.09. The summed E-state index contributed by atoms with van der Waals surface area (Å²) in [5.74, 6) is 0.948. The van der Waals surface area contributed by atoms with Crippen LogP contribution in [0.4, 0.5) is 5.82 Å². The molecule has 0 N–H and O–H groups in total. The van der Waals surface area contributed by atoms with Gasteiger partial charge in [0.05, 0.1) is 30.4 Å². The van der Waals surface area contributed by atoms with E-state index in [-0.39, 0.29) is 12.2 Å². The molecule has 4 aromatic rings. The molecule has 1 saturated heterocycles. The molecule has 0 unspecified atom stereocenters. The lowest BCUT2D eigenvalue weighted by Crippen LogP contribution is -2.46. The van der Waals surface area contributed by atoms with Gasteiger partial charge in [0.15, 0.2) is 5.65 Å². The number of hydrogen-bond acceptors (Lipinski definition) is 5. The van der Waals surface area contributed by atoms with E-state index in [0.29, 0.717) is 0 Å². The fourth-order valence-electron chi connectivity index (χ4n) is 3.81. The number of hydrogen-bond donors (Lipinski definition) is 0. The molecule has 0 radical (unpaired) electrons. The Labute approximate surface area is 163 Å². The Bertz CT molecular complexity index is 1080. The molecule has 2 atom stereocenters. The van der Waals surface area contributed by atoms with Crippen molar-refractivity contribution in [3.63, 3.8) is 0 Å². The molecule has 1 aromatic carbocycles. The van der Waals surface area contributed by atoms with Crippen molar-refractivity contribution in [3.8, 4) is 16.9 Å². The van der Waals surface area contributed by atoms with Gasteiger partial charge in [-0.3, -0.25) is 0 Å². The third kappa shape index (κ3) is 3.03. The minimum absolute atomic E-state index is 0.194. The van der Waals surface area contributed by atoms with E-state index in [1.165, 1.54) is 0 Å². The summed E-state index contributed by atoms with van der Waals surface area (Å²) in [5.41, 5.74) is 3.96. The Morgan fingerprint density at radius 1 is 1.00 bits per heavy atom. The lowest BCUT2D eigenvalue weighted by molar-refractivity contribution is -0.00551. The molecule has 7 nitrogen and oxygen atoms in total. The molecule has 1 aliphatic heterocycles. The van der Waals surface area contributed by atoms with Gasteiger partial charge in [-0.25, -0.2) is 14.5 Å². The largest absolute Gasteiger partial charge is 0.372 e. The monoisotopic (exact) mass is 374 g/mol. The quantitative estimate of drug-likeness (QED) is 0.551. The van der Waals surface area contributed by atoms with Gasteiger partial charge >= 0.3 is 0 Å².